The molecule has 1 aromatic rings. The number of halogens is 2. The Labute approximate surface area is 69.5 Å². The van der Waals surface area contributed by atoms with Gasteiger partial charge < -0.3 is 4.74 Å². The lowest BCUT2D eigenvalue weighted by molar-refractivity contribution is 0.473. The Morgan fingerprint density at radius 1 is 1.30 bits per heavy atom. The van der Waals surface area contributed by atoms with Crippen molar-refractivity contribution in [1.29, 1.82) is 0 Å². The normalized spacial score (nSPS) is 9.50. The van der Waals surface area contributed by atoms with Crippen molar-refractivity contribution in [1.82, 2.24) is 0 Å². The van der Waals surface area contributed by atoms with Crippen LogP contribution >= 0.6 is 23.2 Å². The third-order valence-corrected chi connectivity index (χ3v) is 1.60. The molecule has 0 fully saturated rings. The second-order valence-corrected chi connectivity index (χ2v) is 2.56. The summed E-state index contributed by atoms with van der Waals surface area (Å²) in [6, 6.07) is 4.95. The monoisotopic (exact) mass is 175 g/mol. The summed E-state index contributed by atoms with van der Waals surface area (Å²) >= 11 is 11.3. The minimum Gasteiger partial charge on any atom is -0.488 e. The molecule has 1 radical (unpaired) electrons. The van der Waals surface area contributed by atoms with E-state index < -0.39 is 0 Å². The average Bonchev–Trinajstić information content (AvgIpc) is 1.94. The van der Waals surface area contributed by atoms with Crippen LogP contribution in [0, 0.1) is 7.11 Å². The molecule has 0 saturated carbocycles. The Bertz CT molecular complexity index is 235. The van der Waals surface area contributed by atoms with Gasteiger partial charge in [0.15, 0.2) is 0 Å². The van der Waals surface area contributed by atoms with Crippen LogP contribution in [0.2, 0.25) is 10.0 Å². The van der Waals surface area contributed by atoms with Crippen molar-refractivity contribution >= 4 is 23.2 Å². The maximum absolute atomic E-state index is 5.67. The van der Waals surface area contributed by atoms with Gasteiger partial charge in [-0.15, -0.1) is 0 Å². The molecule has 0 bridgehead atoms. The van der Waals surface area contributed by atoms with E-state index in [1.165, 1.54) is 0 Å². The topological polar surface area (TPSA) is 9.23 Å². The minimum absolute atomic E-state index is 0.495. The molecule has 0 aliphatic rings. The third kappa shape index (κ3) is 1.55. The smallest absolute Gasteiger partial charge is 0.139 e. The SMILES string of the molecule is [CH2]Oc1cc(Cl)ccc1Cl. The predicted molar refractivity (Wildman–Crippen MR) is 42.4 cm³/mol. The van der Waals surface area contributed by atoms with Crippen LogP contribution in [-0.2, 0) is 0 Å². The number of benzene rings is 1. The number of ether oxygens (including phenoxy) is 1. The van der Waals surface area contributed by atoms with Gasteiger partial charge in [-0.2, -0.15) is 0 Å². The third-order valence-electron chi connectivity index (χ3n) is 1.05. The fraction of sp³-hybridized carbons (Fsp3) is 0. The predicted octanol–water partition coefficient (Wildman–Crippen LogP) is 3.16. The molecule has 0 atom stereocenters. The van der Waals surface area contributed by atoms with Gasteiger partial charge in [-0.3, -0.25) is 0 Å². The van der Waals surface area contributed by atoms with Gasteiger partial charge in [-0.25, -0.2) is 0 Å². The summed E-state index contributed by atoms with van der Waals surface area (Å²) in [6.07, 6.45) is 0. The molecule has 1 aromatic carbocycles. The summed E-state index contributed by atoms with van der Waals surface area (Å²) in [4.78, 5) is 0. The van der Waals surface area contributed by atoms with Crippen molar-refractivity contribution in [2.24, 2.45) is 0 Å². The highest BCUT2D eigenvalue weighted by Crippen LogP contribution is 2.27. The molecule has 1 nitrogen and oxygen atoms in total. The molecule has 3 heteroatoms. The van der Waals surface area contributed by atoms with E-state index in [2.05, 4.69) is 11.8 Å². The summed E-state index contributed by atoms with van der Waals surface area (Å²) in [7, 11) is 3.21. The van der Waals surface area contributed by atoms with Crippen LogP contribution in [0.5, 0.6) is 5.75 Å². The van der Waals surface area contributed by atoms with Gasteiger partial charge in [-0.1, -0.05) is 23.2 Å². The van der Waals surface area contributed by atoms with Gasteiger partial charge in [0.1, 0.15) is 12.9 Å². The zero-order chi connectivity index (χ0) is 7.56. The van der Waals surface area contributed by atoms with Crippen molar-refractivity contribution in [3.8, 4) is 5.75 Å². The Hall–Kier alpha value is -0.400. The number of hydrogen-bond donors (Lipinski definition) is 0. The summed E-state index contributed by atoms with van der Waals surface area (Å²) < 4.78 is 4.66. The lowest BCUT2D eigenvalue weighted by Crippen LogP contribution is -1.79. The standard InChI is InChI=1S/C7H5Cl2O/c1-10-7-4-5(8)2-3-6(7)9/h2-4H,1H2. The maximum atomic E-state index is 5.67. The van der Waals surface area contributed by atoms with E-state index in [9.17, 15) is 0 Å². The van der Waals surface area contributed by atoms with Crippen molar-refractivity contribution in [3.63, 3.8) is 0 Å². The summed E-state index contributed by atoms with van der Waals surface area (Å²) in [5.41, 5.74) is 0. The van der Waals surface area contributed by atoms with Crippen molar-refractivity contribution < 1.29 is 4.74 Å². The zero-order valence-corrected chi connectivity index (χ0v) is 6.62. The van der Waals surface area contributed by atoms with Gasteiger partial charge in [0.2, 0.25) is 0 Å². The van der Waals surface area contributed by atoms with Crippen LogP contribution < -0.4 is 4.74 Å². The molecular weight excluding hydrogens is 171 g/mol. The van der Waals surface area contributed by atoms with E-state index in [1.54, 1.807) is 18.2 Å². The fourth-order valence-corrected chi connectivity index (χ4v) is 0.922. The van der Waals surface area contributed by atoms with E-state index in [0.29, 0.717) is 15.8 Å². The van der Waals surface area contributed by atoms with Gasteiger partial charge in [0.05, 0.1) is 5.02 Å². The number of rotatable bonds is 1. The van der Waals surface area contributed by atoms with Crippen molar-refractivity contribution in [2.45, 2.75) is 0 Å². The first kappa shape index (κ1) is 7.70. The average molecular weight is 176 g/mol. The van der Waals surface area contributed by atoms with Crippen LogP contribution in [0.15, 0.2) is 18.2 Å². The first-order valence-corrected chi connectivity index (χ1v) is 3.36. The molecule has 0 unspecified atom stereocenters. The summed E-state index contributed by atoms with van der Waals surface area (Å²) in [5.74, 6) is 0.495. The maximum Gasteiger partial charge on any atom is 0.139 e. The molecule has 0 aromatic heterocycles. The Balaban J connectivity index is 3.09. The van der Waals surface area contributed by atoms with Crippen molar-refractivity contribution in [3.05, 3.63) is 35.4 Å². The molecule has 10 heavy (non-hydrogen) atoms. The van der Waals surface area contributed by atoms with Crippen molar-refractivity contribution in [2.75, 3.05) is 0 Å². The molecule has 0 N–H and O–H groups in total. The van der Waals surface area contributed by atoms with Crippen LogP contribution in [-0.4, -0.2) is 0 Å². The highest BCUT2D eigenvalue weighted by molar-refractivity contribution is 6.34. The van der Waals surface area contributed by atoms with Crippen LogP contribution in [0.25, 0.3) is 0 Å². The van der Waals surface area contributed by atoms with E-state index in [1.807, 2.05) is 0 Å². The molecule has 53 valence electrons. The molecule has 0 spiro atoms. The molecule has 0 aliphatic carbocycles. The highest BCUT2D eigenvalue weighted by Gasteiger charge is 1.98. The summed E-state index contributed by atoms with van der Waals surface area (Å²) in [5, 5.41) is 1.10. The van der Waals surface area contributed by atoms with Crippen LogP contribution in [0.1, 0.15) is 0 Å². The molecule has 0 saturated heterocycles. The van der Waals surface area contributed by atoms with Gasteiger partial charge >= 0.3 is 0 Å². The first-order chi connectivity index (χ1) is 4.74. The first-order valence-electron chi connectivity index (χ1n) is 2.61. The Kier molecular flexibility index (Phi) is 2.41. The Morgan fingerprint density at radius 3 is 2.50 bits per heavy atom. The second-order valence-electron chi connectivity index (χ2n) is 1.72. The van der Waals surface area contributed by atoms with Crippen LogP contribution in [0.3, 0.4) is 0 Å². The zero-order valence-electron chi connectivity index (χ0n) is 5.10. The van der Waals surface area contributed by atoms with E-state index >= 15 is 0 Å². The van der Waals surface area contributed by atoms with Crippen LogP contribution in [0.4, 0.5) is 0 Å². The second kappa shape index (κ2) is 3.13. The highest BCUT2D eigenvalue weighted by atomic mass is 35.5. The van der Waals surface area contributed by atoms with E-state index in [0.717, 1.165) is 0 Å². The number of hydrogen-bond acceptors (Lipinski definition) is 1. The van der Waals surface area contributed by atoms with Gasteiger partial charge in [0.25, 0.3) is 0 Å². The molecule has 0 aliphatic heterocycles. The van der Waals surface area contributed by atoms with Gasteiger partial charge in [-0.05, 0) is 12.1 Å². The Morgan fingerprint density at radius 2 is 2.00 bits per heavy atom. The fourth-order valence-electron chi connectivity index (χ4n) is 0.588. The largest absolute Gasteiger partial charge is 0.488 e. The van der Waals surface area contributed by atoms with E-state index in [4.69, 9.17) is 23.2 Å². The van der Waals surface area contributed by atoms with E-state index in [-0.39, 0.29) is 0 Å². The lowest BCUT2D eigenvalue weighted by Gasteiger charge is -2.00. The lowest BCUT2D eigenvalue weighted by atomic mass is 10.3. The molecule has 0 amide bonds. The van der Waals surface area contributed by atoms with Gasteiger partial charge in [0, 0.05) is 11.1 Å². The quantitative estimate of drug-likeness (QED) is 0.638. The molecule has 1 rings (SSSR count). The minimum atomic E-state index is 0.495. The molecule has 0 heterocycles. The summed E-state index contributed by atoms with van der Waals surface area (Å²) in [6.45, 7) is 0. The molecular formula is C7H5Cl2O.